The first-order valence-electron chi connectivity index (χ1n) is 21.7. The molecule has 1 heterocycles. The van der Waals surface area contributed by atoms with Crippen molar-refractivity contribution in [3.8, 4) is 22.3 Å². The van der Waals surface area contributed by atoms with Crippen LogP contribution < -0.4 is 9.80 Å². The lowest BCUT2D eigenvalue weighted by atomic mass is 9.86. The van der Waals surface area contributed by atoms with Crippen molar-refractivity contribution in [3.63, 3.8) is 0 Å². The van der Waals surface area contributed by atoms with E-state index in [0.717, 1.165) is 66.8 Å². The number of hydrogen-bond acceptors (Lipinski definition) is 3. The number of fused-ring (bicyclic) bond motifs is 5. The molecule has 0 atom stereocenters. The van der Waals surface area contributed by atoms with Gasteiger partial charge in [-0.15, -0.1) is 0 Å². The van der Waals surface area contributed by atoms with E-state index in [4.69, 9.17) is 4.42 Å². The first kappa shape index (κ1) is 38.1. The highest BCUT2D eigenvalue weighted by atomic mass is 16.3. The normalized spacial score (nSPS) is 11.7. The van der Waals surface area contributed by atoms with Gasteiger partial charge in [-0.05, 0) is 129 Å². The molecule has 0 bridgehead atoms. The number of nitrogens with zero attached hydrogens (tertiary/aromatic N) is 2. The number of furan rings is 1. The average molecular weight is 811 g/mol. The molecule has 11 rings (SSSR count). The third-order valence-corrected chi connectivity index (χ3v) is 12.3. The molecule has 0 amide bonds. The molecule has 1 aromatic heterocycles. The first-order chi connectivity index (χ1) is 30.9. The highest BCUT2D eigenvalue weighted by Crippen LogP contribution is 2.45. The van der Waals surface area contributed by atoms with Gasteiger partial charge in [0.2, 0.25) is 0 Å². The maximum Gasteiger partial charge on any atom is 0.136 e. The Labute approximate surface area is 368 Å². The molecule has 0 fully saturated rings. The summed E-state index contributed by atoms with van der Waals surface area (Å²) in [5.41, 5.74) is 14.5. The summed E-state index contributed by atoms with van der Waals surface area (Å²) in [6.07, 6.45) is 0. The zero-order valence-electron chi connectivity index (χ0n) is 35.7. The molecule has 10 aromatic carbocycles. The number of anilines is 6. The third kappa shape index (κ3) is 7.08. The Morgan fingerprint density at radius 1 is 0.333 bits per heavy atom. The van der Waals surface area contributed by atoms with E-state index in [-0.39, 0.29) is 5.41 Å². The largest absolute Gasteiger partial charge is 0.456 e. The summed E-state index contributed by atoms with van der Waals surface area (Å²) >= 11 is 0. The van der Waals surface area contributed by atoms with Crippen molar-refractivity contribution < 1.29 is 4.42 Å². The van der Waals surface area contributed by atoms with E-state index < -0.39 is 0 Å². The first-order valence-corrected chi connectivity index (χ1v) is 21.7. The monoisotopic (exact) mass is 810 g/mol. The second kappa shape index (κ2) is 15.5. The molecule has 0 spiro atoms. The molecule has 0 unspecified atom stereocenters. The van der Waals surface area contributed by atoms with Crippen LogP contribution in [0, 0.1) is 0 Å². The van der Waals surface area contributed by atoms with Gasteiger partial charge in [0.05, 0.1) is 11.4 Å². The van der Waals surface area contributed by atoms with Crippen LogP contribution in [-0.4, -0.2) is 0 Å². The van der Waals surface area contributed by atoms with Crippen LogP contribution in [0.5, 0.6) is 0 Å². The van der Waals surface area contributed by atoms with Crippen molar-refractivity contribution in [1.29, 1.82) is 0 Å². The van der Waals surface area contributed by atoms with Gasteiger partial charge >= 0.3 is 0 Å². The van der Waals surface area contributed by atoms with E-state index in [0.29, 0.717) is 0 Å². The van der Waals surface area contributed by atoms with Gasteiger partial charge in [0, 0.05) is 44.6 Å². The van der Waals surface area contributed by atoms with Gasteiger partial charge < -0.3 is 14.2 Å². The molecule has 63 heavy (non-hydrogen) atoms. The second-order valence-corrected chi connectivity index (χ2v) is 17.4. The molecular formula is C60H46N2O. The fourth-order valence-corrected chi connectivity index (χ4v) is 9.12. The minimum absolute atomic E-state index is 0.0855. The van der Waals surface area contributed by atoms with E-state index in [2.05, 4.69) is 255 Å². The van der Waals surface area contributed by atoms with Crippen molar-refractivity contribution in [2.45, 2.75) is 26.2 Å². The fraction of sp³-hybridized carbons (Fsp3) is 0.0667. The van der Waals surface area contributed by atoms with Gasteiger partial charge in [-0.3, -0.25) is 0 Å². The van der Waals surface area contributed by atoms with Crippen LogP contribution in [0.4, 0.5) is 34.1 Å². The second-order valence-electron chi connectivity index (χ2n) is 17.4. The maximum absolute atomic E-state index is 6.77. The lowest BCUT2D eigenvalue weighted by Gasteiger charge is -2.28. The van der Waals surface area contributed by atoms with Crippen molar-refractivity contribution in [3.05, 3.63) is 230 Å². The predicted octanol–water partition coefficient (Wildman–Crippen LogP) is 17.5. The van der Waals surface area contributed by atoms with Gasteiger partial charge in [-0.2, -0.15) is 0 Å². The van der Waals surface area contributed by atoms with Crippen LogP contribution in [0.1, 0.15) is 26.3 Å². The van der Waals surface area contributed by atoms with Crippen molar-refractivity contribution in [2.24, 2.45) is 0 Å². The summed E-state index contributed by atoms with van der Waals surface area (Å²) in [7, 11) is 0. The Hall–Kier alpha value is -7.88. The van der Waals surface area contributed by atoms with Crippen LogP contribution in [0.15, 0.2) is 229 Å². The molecule has 3 nitrogen and oxygen atoms in total. The molecular weight excluding hydrogens is 765 g/mol. The molecule has 302 valence electrons. The predicted molar refractivity (Wildman–Crippen MR) is 268 cm³/mol. The quantitative estimate of drug-likeness (QED) is 0.152. The minimum atomic E-state index is 0.0855. The summed E-state index contributed by atoms with van der Waals surface area (Å²) in [4.78, 5) is 4.73. The van der Waals surface area contributed by atoms with E-state index in [9.17, 15) is 0 Å². The van der Waals surface area contributed by atoms with Crippen LogP contribution >= 0.6 is 0 Å². The fourth-order valence-electron chi connectivity index (χ4n) is 9.12. The SMILES string of the molecule is CC(C)(C)c1ccc(-c2ccccc2N(c2ccccc2)c2ccc3cc4c(cc3c2)oc2cc3cc(N(c5ccccc5)c5ccccc5-c5ccccc5)ccc3cc24)cc1. The van der Waals surface area contributed by atoms with Crippen LogP contribution in [0.25, 0.3) is 65.7 Å². The summed E-state index contributed by atoms with van der Waals surface area (Å²) in [6.45, 7) is 6.78. The molecule has 0 N–H and O–H groups in total. The van der Waals surface area contributed by atoms with Crippen LogP contribution in [-0.2, 0) is 5.41 Å². The third-order valence-electron chi connectivity index (χ3n) is 12.3. The minimum Gasteiger partial charge on any atom is -0.456 e. The van der Waals surface area contributed by atoms with Crippen molar-refractivity contribution in [1.82, 2.24) is 0 Å². The van der Waals surface area contributed by atoms with Gasteiger partial charge in [-0.1, -0.05) is 160 Å². The molecule has 0 aliphatic heterocycles. The Balaban J connectivity index is 1.01. The molecule has 0 saturated heterocycles. The van der Waals surface area contributed by atoms with Crippen LogP contribution in [0.3, 0.4) is 0 Å². The van der Waals surface area contributed by atoms with E-state index in [1.54, 1.807) is 0 Å². The Morgan fingerprint density at radius 3 is 1.21 bits per heavy atom. The van der Waals surface area contributed by atoms with Gasteiger partial charge in [-0.25, -0.2) is 0 Å². The molecule has 0 aliphatic rings. The standard InChI is InChI=1S/C60H46N2O/c1-60(2,3)47-31-27-42(28-32-47)53-24-14-16-26-57(53)62(49-21-11-6-12-22-49)51-34-30-44-38-55-54-37-43-29-33-50(35-45(43)39-58(54)63-59(55)40-46(44)36-51)61(48-19-9-5-10-20-48)56-25-15-13-23-52(56)41-17-7-4-8-18-41/h4-40H,1-3H3. The highest BCUT2D eigenvalue weighted by molar-refractivity contribution is 6.14. The van der Waals surface area contributed by atoms with Gasteiger partial charge in [0.1, 0.15) is 11.2 Å². The Bertz CT molecular complexity index is 3420. The zero-order chi connectivity index (χ0) is 42.5. The number of hydrogen-bond donors (Lipinski definition) is 0. The van der Waals surface area contributed by atoms with Crippen molar-refractivity contribution in [2.75, 3.05) is 9.80 Å². The number of para-hydroxylation sites is 4. The molecule has 3 heteroatoms. The van der Waals surface area contributed by atoms with E-state index in [1.165, 1.54) is 38.6 Å². The van der Waals surface area contributed by atoms with E-state index >= 15 is 0 Å². The Morgan fingerprint density at radius 2 is 0.746 bits per heavy atom. The smallest absolute Gasteiger partial charge is 0.136 e. The maximum atomic E-state index is 6.77. The molecule has 0 aliphatic carbocycles. The lowest BCUT2D eigenvalue weighted by molar-refractivity contribution is 0.590. The summed E-state index contributed by atoms with van der Waals surface area (Å²) in [5.74, 6) is 0. The number of benzene rings is 10. The average Bonchev–Trinajstić information content (AvgIpc) is 3.67. The molecule has 0 radical (unpaired) electrons. The van der Waals surface area contributed by atoms with E-state index in [1.807, 2.05) is 0 Å². The van der Waals surface area contributed by atoms with Gasteiger partial charge in [0.25, 0.3) is 0 Å². The molecule has 0 saturated carbocycles. The van der Waals surface area contributed by atoms with Crippen molar-refractivity contribution >= 4 is 77.6 Å². The lowest BCUT2D eigenvalue weighted by Crippen LogP contribution is -2.12. The summed E-state index contributed by atoms with van der Waals surface area (Å²) < 4.78 is 6.77. The highest BCUT2D eigenvalue weighted by Gasteiger charge is 2.21. The summed E-state index contributed by atoms with van der Waals surface area (Å²) in [5, 5.41) is 6.80. The van der Waals surface area contributed by atoms with Gasteiger partial charge in [0.15, 0.2) is 0 Å². The number of rotatable bonds is 8. The Kier molecular flexibility index (Phi) is 9.39. The molecule has 11 aromatic rings. The summed E-state index contributed by atoms with van der Waals surface area (Å²) in [6, 6.07) is 80.9. The van der Waals surface area contributed by atoms with Crippen LogP contribution in [0.2, 0.25) is 0 Å². The topological polar surface area (TPSA) is 19.6 Å². The zero-order valence-corrected chi connectivity index (χ0v) is 35.7.